The highest BCUT2D eigenvalue weighted by molar-refractivity contribution is 5.93. The normalized spacial score (nSPS) is 14.0. The number of fused-ring (bicyclic) bond motifs is 1. The van der Waals surface area contributed by atoms with Crippen LogP contribution in [0.3, 0.4) is 0 Å². The molecule has 0 spiro atoms. The number of benzene rings is 2. The molecule has 0 bridgehead atoms. The molecular formula is C22H25NO5. The Kier molecular flexibility index (Phi) is 6.19. The fraction of sp³-hybridized carbons (Fsp3) is 0.364. The molecule has 1 atom stereocenters. The molecule has 0 unspecified atom stereocenters. The summed E-state index contributed by atoms with van der Waals surface area (Å²) >= 11 is 0. The second-order valence-corrected chi connectivity index (χ2v) is 6.62. The van der Waals surface area contributed by atoms with Gasteiger partial charge in [-0.3, -0.25) is 4.79 Å². The molecule has 0 radical (unpaired) electrons. The average molecular weight is 383 g/mol. The Hall–Kier alpha value is -3.02. The van der Waals surface area contributed by atoms with Crippen LogP contribution in [0.5, 0.6) is 11.5 Å². The van der Waals surface area contributed by atoms with Crippen LogP contribution < -0.4 is 9.47 Å². The van der Waals surface area contributed by atoms with Crippen LogP contribution >= 0.6 is 0 Å². The van der Waals surface area contributed by atoms with Crippen molar-refractivity contribution in [2.75, 3.05) is 20.3 Å². The standard InChI is InChI=1S/C22H25NO5/c1-4-27-20-13-17(9-10-19(20)26-3)22(25)28-15(2)21(24)23-12-11-16-7-5-6-8-18(16)14-23/h5-10,13,15H,4,11-12,14H2,1-3H3/t15-/m1/s1. The minimum Gasteiger partial charge on any atom is -0.493 e. The van der Waals surface area contributed by atoms with Gasteiger partial charge < -0.3 is 19.1 Å². The van der Waals surface area contributed by atoms with Gasteiger partial charge in [0.2, 0.25) is 0 Å². The maximum absolute atomic E-state index is 12.7. The first-order valence-electron chi connectivity index (χ1n) is 9.40. The summed E-state index contributed by atoms with van der Waals surface area (Å²) in [6.07, 6.45) is -0.0610. The predicted octanol–water partition coefficient (Wildman–Crippen LogP) is 3.22. The third-order valence-corrected chi connectivity index (χ3v) is 4.77. The summed E-state index contributed by atoms with van der Waals surface area (Å²) < 4.78 is 16.1. The van der Waals surface area contributed by atoms with Gasteiger partial charge in [-0.2, -0.15) is 0 Å². The van der Waals surface area contributed by atoms with E-state index in [-0.39, 0.29) is 5.91 Å². The van der Waals surface area contributed by atoms with Gasteiger partial charge in [0.1, 0.15) is 0 Å². The lowest BCUT2D eigenvalue weighted by molar-refractivity contribution is -0.140. The number of esters is 1. The van der Waals surface area contributed by atoms with Crippen molar-refractivity contribution >= 4 is 11.9 Å². The van der Waals surface area contributed by atoms with E-state index in [1.165, 1.54) is 12.7 Å². The van der Waals surface area contributed by atoms with Crippen molar-refractivity contribution in [3.8, 4) is 11.5 Å². The van der Waals surface area contributed by atoms with Gasteiger partial charge in [-0.25, -0.2) is 4.79 Å². The Balaban J connectivity index is 1.66. The molecule has 1 aliphatic heterocycles. The molecule has 1 amide bonds. The molecule has 2 aromatic rings. The van der Waals surface area contributed by atoms with Crippen LogP contribution in [0.15, 0.2) is 42.5 Å². The van der Waals surface area contributed by atoms with Crippen LogP contribution in [-0.2, 0) is 22.5 Å². The van der Waals surface area contributed by atoms with Crippen LogP contribution in [0.25, 0.3) is 0 Å². The molecule has 0 aromatic heterocycles. The van der Waals surface area contributed by atoms with E-state index in [4.69, 9.17) is 14.2 Å². The fourth-order valence-corrected chi connectivity index (χ4v) is 3.29. The number of hydrogen-bond donors (Lipinski definition) is 0. The molecule has 2 aromatic carbocycles. The van der Waals surface area contributed by atoms with Crippen LogP contribution in [0.1, 0.15) is 35.3 Å². The number of carbonyl (C=O) groups excluding carboxylic acids is 2. The SMILES string of the molecule is CCOc1cc(C(=O)O[C@H](C)C(=O)N2CCc3ccccc3C2)ccc1OC. The van der Waals surface area contributed by atoms with Gasteiger partial charge in [0.25, 0.3) is 5.91 Å². The second kappa shape index (κ2) is 8.78. The first-order chi connectivity index (χ1) is 13.5. The third-order valence-electron chi connectivity index (χ3n) is 4.77. The zero-order chi connectivity index (χ0) is 20.1. The van der Waals surface area contributed by atoms with Gasteiger partial charge in [0.15, 0.2) is 17.6 Å². The van der Waals surface area contributed by atoms with E-state index in [0.29, 0.717) is 36.8 Å². The van der Waals surface area contributed by atoms with Gasteiger partial charge >= 0.3 is 5.97 Å². The molecule has 1 heterocycles. The highest BCUT2D eigenvalue weighted by Gasteiger charge is 2.27. The van der Waals surface area contributed by atoms with Gasteiger partial charge in [-0.1, -0.05) is 24.3 Å². The Bertz CT molecular complexity index is 864. The maximum atomic E-state index is 12.7. The molecule has 0 aliphatic carbocycles. The molecule has 148 valence electrons. The smallest absolute Gasteiger partial charge is 0.339 e. The van der Waals surface area contributed by atoms with E-state index in [0.717, 1.165) is 12.0 Å². The van der Waals surface area contributed by atoms with E-state index >= 15 is 0 Å². The number of amides is 1. The summed E-state index contributed by atoms with van der Waals surface area (Å²) in [5.74, 6) is 0.240. The largest absolute Gasteiger partial charge is 0.493 e. The quantitative estimate of drug-likeness (QED) is 0.717. The van der Waals surface area contributed by atoms with E-state index in [1.807, 2.05) is 25.1 Å². The van der Waals surface area contributed by atoms with Crippen molar-refractivity contribution < 1.29 is 23.8 Å². The van der Waals surface area contributed by atoms with Crippen molar-refractivity contribution in [1.82, 2.24) is 4.90 Å². The van der Waals surface area contributed by atoms with Crippen molar-refractivity contribution in [3.63, 3.8) is 0 Å². The Labute approximate surface area is 165 Å². The molecule has 0 saturated carbocycles. The number of rotatable bonds is 6. The minimum absolute atomic E-state index is 0.193. The van der Waals surface area contributed by atoms with E-state index in [9.17, 15) is 9.59 Å². The van der Waals surface area contributed by atoms with Crippen LogP contribution in [-0.4, -0.2) is 43.1 Å². The van der Waals surface area contributed by atoms with Gasteiger partial charge in [0.05, 0.1) is 19.3 Å². The van der Waals surface area contributed by atoms with Crippen LogP contribution in [0.2, 0.25) is 0 Å². The van der Waals surface area contributed by atoms with E-state index < -0.39 is 12.1 Å². The maximum Gasteiger partial charge on any atom is 0.339 e. The number of carbonyl (C=O) groups is 2. The van der Waals surface area contributed by atoms with Gasteiger partial charge in [-0.05, 0) is 49.6 Å². The number of nitrogens with zero attached hydrogens (tertiary/aromatic N) is 1. The van der Waals surface area contributed by atoms with Gasteiger partial charge in [-0.15, -0.1) is 0 Å². The number of ether oxygens (including phenoxy) is 3. The third kappa shape index (κ3) is 4.27. The van der Waals surface area contributed by atoms with E-state index in [1.54, 1.807) is 30.0 Å². The lowest BCUT2D eigenvalue weighted by Crippen LogP contribution is -2.42. The summed E-state index contributed by atoms with van der Waals surface area (Å²) in [5, 5.41) is 0. The summed E-state index contributed by atoms with van der Waals surface area (Å²) in [5.41, 5.74) is 2.71. The fourth-order valence-electron chi connectivity index (χ4n) is 3.29. The van der Waals surface area contributed by atoms with Crippen molar-refractivity contribution in [2.45, 2.75) is 32.9 Å². The highest BCUT2D eigenvalue weighted by atomic mass is 16.5. The molecular weight excluding hydrogens is 358 g/mol. The molecule has 0 N–H and O–H groups in total. The van der Waals surface area contributed by atoms with Crippen molar-refractivity contribution in [2.24, 2.45) is 0 Å². The molecule has 6 heteroatoms. The first kappa shape index (κ1) is 19.7. The Morgan fingerprint density at radius 2 is 1.86 bits per heavy atom. The molecule has 1 aliphatic rings. The highest BCUT2D eigenvalue weighted by Crippen LogP contribution is 2.28. The topological polar surface area (TPSA) is 65.1 Å². The lowest BCUT2D eigenvalue weighted by Gasteiger charge is -2.30. The second-order valence-electron chi connectivity index (χ2n) is 6.62. The van der Waals surface area contributed by atoms with Crippen molar-refractivity contribution in [3.05, 3.63) is 59.2 Å². The zero-order valence-corrected chi connectivity index (χ0v) is 16.4. The number of methoxy groups -OCH3 is 1. The zero-order valence-electron chi connectivity index (χ0n) is 16.4. The lowest BCUT2D eigenvalue weighted by atomic mass is 9.99. The first-order valence-corrected chi connectivity index (χ1v) is 9.40. The summed E-state index contributed by atoms with van der Waals surface area (Å²) in [6.45, 7) is 5.05. The molecule has 3 rings (SSSR count). The van der Waals surface area contributed by atoms with Crippen molar-refractivity contribution in [1.29, 1.82) is 0 Å². The number of hydrogen-bond acceptors (Lipinski definition) is 5. The summed E-state index contributed by atoms with van der Waals surface area (Å²) in [6, 6.07) is 12.9. The van der Waals surface area contributed by atoms with Crippen LogP contribution in [0, 0.1) is 0 Å². The average Bonchev–Trinajstić information content (AvgIpc) is 2.72. The molecule has 0 saturated heterocycles. The molecule has 28 heavy (non-hydrogen) atoms. The Morgan fingerprint density at radius 1 is 1.11 bits per heavy atom. The minimum atomic E-state index is -0.865. The summed E-state index contributed by atoms with van der Waals surface area (Å²) in [7, 11) is 1.54. The van der Waals surface area contributed by atoms with Gasteiger partial charge in [0, 0.05) is 13.1 Å². The predicted molar refractivity (Wildman–Crippen MR) is 105 cm³/mol. The monoisotopic (exact) mass is 383 g/mol. The summed E-state index contributed by atoms with van der Waals surface area (Å²) in [4.78, 5) is 27.0. The Morgan fingerprint density at radius 3 is 2.57 bits per heavy atom. The van der Waals surface area contributed by atoms with E-state index in [2.05, 4.69) is 6.07 Å². The van der Waals surface area contributed by atoms with Crippen LogP contribution in [0.4, 0.5) is 0 Å². The molecule has 6 nitrogen and oxygen atoms in total. The molecule has 0 fully saturated rings.